The first-order valence-corrected chi connectivity index (χ1v) is 9.20. The van der Waals surface area contributed by atoms with Gasteiger partial charge in [-0.05, 0) is 31.2 Å². The molecule has 0 saturated heterocycles. The molecule has 0 spiro atoms. The second kappa shape index (κ2) is 7.63. The van der Waals surface area contributed by atoms with Crippen LogP contribution in [0.2, 0.25) is 0 Å². The fraction of sp³-hybridized carbons (Fsp3) is 0.158. The average molecular weight is 380 g/mol. The molecule has 0 bridgehead atoms. The molecule has 2 aromatic carbocycles. The van der Waals surface area contributed by atoms with E-state index in [1.54, 1.807) is 7.11 Å². The van der Waals surface area contributed by atoms with Crippen LogP contribution in [-0.2, 0) is 5.75 Å². The molecule has 0 aliphatic heterocycles. The molecule has 0 unspecified atom stereocenters. The Morgan fingerprint density at radius 1 is 1.04 bits per heavy atom. The zero-order valence-corrected chi connectivity index (χ0v) is 15.6. The van der Waals surface area contributed by atoms with Crippen LogP contribution >= 0.6 is 11.8 Å². The normalized spacial score (nSPS) is 10.9. The van der Waals surface area contributed by atoms with Crippen molar-refractivity contribution in [3.63, 3.8) is 0 Å². The van der Waals surface area contributed by atoms with E-state index in [0.29, 0.717) is 28.6 Å². The SMILES string of the molecule is COc1cccc(-c2noc(CSc3nnc(-c4ccc(C)cc4)o3)n2)c1. The van der Waals surface area contributed by atoms with Gasteiger partial charge in [-0.3, -0.25) is 0 Å². The third-order valence-corrected chi connectivity index (χ3v) is 4.62. The van der Waals surface area contributed by atoms with Gasteiger partial charge in [-0.1, -0.05) is 46.7 Å². The Balaban J connectivity index is 1.42. The van der Waals surface area contributed by atoms with Crippen LogP contribution < -0.4 is 4.74 Å². The molecule has 0 amide bonds. The smallest absolute Gasteiger partial charge is 0.277 e. The summed E-state index contributed by atoms with van der Waals surface area (Å²) in [5.41, 5.74) is 2.89. The van der Waals surface area contributed by atoms with Crippen molar-refractivity contribution < 1.29 is 13.7 Å². The number of aromatic nitrogens is 4. The summed E-state index contributed by atoms with van der Waals surface area (Å²) in [6.45, 7) is 2.03. The molecule has 2 heterocycles. The van der Waals surface area contributed by atoms with E-state index in [4.69, 9.17) is 13.7 Å². The maximum absolute atomic E-state index is 5.69. The van der Waals surface area contributed by atoms with Gasteiger partial charge in [0.25, 0.3) is 5.22 Å². The first kappa shape index (κ1) is 17.3. The predicted molar refractivity (Wildman–Crippen MR) is 100 cm³/mol. The Kier molecular flexibility index (Phi) is 4.88. The molecule has 0 radical (unpaired) electrons. The number of methoxy groups -OCH3 is 1. The van der Waals surface area contributed by atoms with E-state index in [2.05, 4.69) is 20.3 Å². The van der Waals surface area contributed by atoms with Crippen molar-refractivity contribution in [1.29, 1.82) is 0 Å². The zero-order chi connectivity index (χ0) is 18.6. The summed E-state index contributed by atoms with van der Waals surface area (Å²) in [4.78, 5) is 4.40. The fourth-order valence-electron chi connectivity index (χ4n) is 2.40. The third kappa shape index (κ3) is 4.01. The fourth-order valence-corrected chi connectivity index (χ4v) is 3.00. The highest BCUT2D eigenvalue weighted by Crippen LogP contribution is 2.27. The lowest BCUT2D eigenvalue weighted by molar-refractivity contribution is 0.390. The molecular formula is C19H16N4O3S. The van der Waals surface area contributed by atoms with Crippen LogP contribution in [0.15, 0.2) is 62.7 Å². The van der Waals surface area contributed by atoms with Crippen LogP contribution in [-0.4, -0.2) is 27.4 Å². The van der Waals surface area contributed by atoms with Gasteiger partial charge in [-0.15, -0.1) is 10.2 Å². The molecule has 7 nitrogen and oxygen atoms in total. The maximum Gasteiger partial charge on any atom is 0.277 e. The Bertz CT molecular complexity index is 1040. The lowest BCUT2D eigenvalue weighted by Gasteiger charge is -1.99. The van der Waals surface area contributed by atoms with Crippen molar-refractivity contribution >= 4 is 11.8 Å². The predicted octanol–water partition coefficient (Wildman–Crippen LogP) is 4.40. The number of aryl methyl sites for hydroxylation is 1. The van der Waals surface area contributed by atoms with Gasteiger partial charge in [-0.2, -0.15) is 4.98 Å². The molecule has 0 aliphatic carbocycles. The maximum atomic E-state index is 5.69. The lowest BCUT2D eigenvalue weighted by atomic mass is 10.1. The first-order chi connectivity index (χ1) is 13.2. The average Bonchev–Trinajstić information content (AvgIpc) is 3.37. The second-order valence-corrected chi connectivity index (χ2v) is 6.70. The van der Waals surface area contributed by atoms with Gasteiger partial charge in [0.2, 0.25) is 17.6 Å². The Morgan fingerprint density at radius 3 is 2.70 bits per heavy atom. The van der Waals surface area contributed by atoms with Gasteiger partial charge in [-0.25, -0.2) is 0 Å². The van der Waals surface area contributed by atoms with Gasteiger partial charge >= 0.3 is 0 Å². The van der Waals surface area contributed by atoms with Crippen LogP contribution in [0.4, 0.5) is 0 Å². The molecule has 0 fully saturated rings. The van der Waals surface area contributed by atoms with Crippen molar-refractivity contribution in [2.75, 3.05) is 7.11 Å². The van der Waals surface area contributed by atoms with Crippen molar-refractivity contribution in [2.45, 2.75) is 17.9 Å². The molecule has 4 rings (SSSR count). The van der Waals surface area contributed by atoms with Crippen molar-refractivity contribution in [3.05, 3.63) is 60.0 Å². The standard InChI is InChI=1S/C19H16N4O3S/c1-12-6-8-13(9-7-12)18-21-22-19(25-18)27-11-16-20-17(23-26-16)14-4-3-5-15(10-14)24-2/h3-10H,11H2,1-2H3. The summed E-state index contributed by atoms with van der Waals surface area (Å²) >= 11 is 1.35. The van der Waals surface area contributed by atoms with Gasteiger partial charge in [0.15, 0.2) is 0 Å². The molecule has 0 atom stereocenters. The van der Waals surface area contributed by atoms with Crippen LogP contribution in [0.5, 0.6) is 5.75 Å². The minimum absolute atomic E-state index is 0.437. The Hall–Kier alpha value is -3.13. The molecule has 8 heteroatoms. The minimum Gasteiger partial charge on any atom is -0.497 e. The number of benzene rings is 2. The topological polar surface area (TPSA) is 87.1 Å². The zero-order valence-electron chi connectivity index (χ0n) is 14.7. The summed E-state index contributed by atoms with van der Waals surface area (Å²) in [5.74, 6) is 2.65. The third-order valence-electron chi connectivity index (χ3n) is 3.82. The van der Waals surface area contributed by atoms with Gasteiger partial charge in [0.1, 0.15) is 5.75 Å². The number of thioether (sulfide) groups is 1. The van der Waals surface area contributed by atoms with Crippen molar-refractivity contribution in [1.82, 2.24) is 20.3 Å². The largest absolute Gasteiger partial charge is 0.497 e. The molecule has 0 saturated carbocycles. The van der Waals surface area contributed by atoms with Gasteiger partial charge in [0, 0.05) is 11.1 Å². The van der Waals surface area contributed by atoms with Gasteiger partial charge in [0.05, 0.1) is 12.9 Å². The summed E-state index contributed by atoms with van der Waals surface area (Å²) in [6, 6.07) is 15.4. The lowest BCUT2D eigenvalue weighted by Crippen LogP contribution is -1.86. The quantitative estimate of drug-likeness (QED) is 0.455. The molecule has 4 aromatic rings. The van der Waals surface area contributed by atoms with Crippen LogP contribution in [0.3, 0.4) is 0 Å². The highest BCUT2D eigenvalue weighted by atomic mass is 32.2. The minimum atomic E-state index is 0.437. The van der Waals surface area contributed by atoms with Crippen LogP contribution in [0, 0.1) is 6.92 Å². The number of hydrogen-bond donors (Lipinski definition) is 0. The molecule has 136 valence electrons. The van der Waals surface area contributed by atoms with E-state index in [0.717, 1.165) is 16.9 Å². The Morgan fingerprint density at radius 2 is 1.89 bits per heavy atom. The monoisotopic (exact) mass is 380 g/mol. The number of nitrogens with zero attached hydrogens (tertiary/aromatic N) is 4. The van der Waals surface area contributed by atoms with Crippen molar-refractivity contribution in [3.8, 4) is 28.6 Å². The van der Waals surface area contributed by atoms with E-state index in [1.165, 1.54) is 17.3 Å². The number of ether oxygens (including phenoxy) is 1. The highest BCUT2D eigenvalue weighted by molar-refractivity contribution is 7.98. The van der Waals surface area contributed by atoms with Crippen LogP contribution in [0.25, 0.3) is 22.8 Å². The van der Waals surface area contributed by atoms with E-state index in [-0.39, 0.29) is 0 Å². The summed E-state index contributed by atoms with van der Waals surface area (Å²) < 4.78 is 16.2. The van der Waals surface area contributed by atoms with Crippen LogP contribution in [0.1, 0.15) is 11.5 Å². The summed E-state index contributed by atoms with van der Waals surface area (Å²) in [5, 5.41) is 12.6. The molecule has 0 N–H and O–H groups in total. The van der Waals surface area contributed by atoms with E-state index < -0.39 is 0 Å². The number of rotatable bonds is 6. The summed E-state index contributed by atoms with van der Waals surface area (Å²) in [7, 11) is 1.62. The van der Waals surface area contributed by atoms with E-state index >= 15 is 0 Å². The second-order valence-electron chi connectivity index (χ2n) is 5.77. The molecule has 27 heavy (non-hydrogen) atoms. The summed E-state index contributed by atoms with van der Waals surface area (Å²) in [6.07, 6.45) is 0. The number of hydrogen-bond acceptors (Lipinski definition) is 8. The molecule has 2 aromatic heterocycles. The van der Waals surface area contributed by atoms with Gasteiger partial charge < -0.3 is 13.7 Å². The highest BCUT2D eigenvalue weighted by Gasteiger charge is 2.13. The first-order valence-electron chi connectivity index (χ1n) is 8.21. The Labute approximate surface area is 159 Å². The van der Waals surface area contributed by atoms with E-state index in [1.807, 2.05) is 55.5 Å². The van der Waals surface area contributed by atoms with Crippen molar-refractivity contribution in [2.24, 2.45) is 0 Å². The molecular weight excluding hydrogens is 364 g/mol. The van der Waals surface area contributed by atoms with E-state index in [9.17, 15) is 0 Å². The molecule has 0 aliphatic rings.